The maximum Gasteiger partial charge on any atom is 0.0237 e. The highest BCUT2D eigenvalue weighted by Gasteiger charge is 2.21. The largest absolute Gasteiger partial charge is 0.312 e. The van der Waals surface area contributed by atoms with Gasteiger partial charge in [0.25, 0.3) is 0 Å². The third-order valence-corrected chi connectivity index (χ3v) is 5.58. The molecule has 122 valence electrons. The molecule has 22 heavy (non-hydrogen) atoms. The van der Waals surface area contributed by atoms with Gasteiger partial charge in [0.05, 0.1) is 0 Å². The van der Waals surface area contributed by atoms with Crippen molar-refractivity contribution in [2.75, 3.05) is 19.6 Å². The first-order valence-electron chi connectivity index (χ1n) is 9.31. The summed E-state index contributed by atoms with van der Waals surface area (Å²) in [5.41, 5.74) is 2.93. The summed E-state index contributed by atoms with van der Waals surface area (Å²) >= 11 is 0. The summed E-state index contributed by atoms with van der Waals surface area (Å²) in [6.45, 7) is 7.09. The first kappa shape index (κ1) is 16.0. The minimum atomic E-state index is 0.708. The zero-order chi connectivity index (χ0) is 15.2. The predicted octanol–water partition coefficient (Wildman–Crippen LogP) is 4.13. The molecule has 2 nitrogen and oxygen atoms in total. The Bertz CT molecular complexity index is 451. The SMILES string of the molecule is Cc1ccccc1CN1CCCC(NCC2CCCCC2)C1. The van der Waals surface area contributed by atoms with Gasteiger partial charge >= 0.3 is 0 Å². The van der Waals surface area contributed by atoms with Gasteiger partial charge in [0.2, 0.25) is 0 Å². The molecule has 1 saturated heterocycles. The number of piperidine rings is 1. The molecule has 2 heteroatoms. The van der Waals surface area contributed by atoms with Crippen LogP contribution in [-0.4, -0.2) is 30.6 Å². The van der Waals surface area contributed by atoms with E-state index in [-0.39, 0.29) is 0 Å². The van der Waals surface area contributed by atoms with E-state index in [1.54, 1.807) is 0 Å². The lowest BCUT2D eigenvalue weighted by Crippen LogP contribution is -2.46. The van der Waals surface area contributed by atoms with Gasteiger partial charge in [0, 0.05) is 19.1 Å². The van der Waals surface area contributed by atoms with Gasteiger partial charge in [-0.15, -0.1) is 0 Å². The van der Waals surface area contributed by atoms with E-state index in [0.717, 1.165) is 12.5 Å². The molecule has 0 radical (unpaired) electrons. The smallest absolute Gasteiger partial charge is 0.0237 e. The Kier molecular flexibility index (Phi) is 5.91. The second kappa shape index (κ2) is 8.12. The second-order valence-electron chi connectivity index (χ2n) is 7.41. The number of hydrogen-bond donors (Lipinski definition) is 1. The number of likely N-dealkylation sites (tertiary alicyclic amines) is 1. The van der Waals surface area contributed by atoms with Crippen molar-refractivity contribution >= 4 is 0 Å². The molecular formula is C20H32N2. The number of nitrogens with zero attached hydrogens (tertiary/aromatic N) is 1. The van der Waals surface area contributed by atoms with Crippen molar-refractivity contribution in [2.45, 2.75) is 64.5 Å². The number of benzene rings is 1. The van der Waals surface area contributed by atoms with E-state index < -0.39 is 0 Å². The van der Waals surface area contributed by atoms with Gasteiger partial charge in [-0.1, -0.05) is 43.5 Å². The Labute approximate surface area is 136 Å². The van der Waals surface area contributed by atoms with Crippen LogP contribution in [0.2, 0.25) is 0 Å². The Morgan fingerprint density at radius 3 is 2.68 bits per heavy atom. The van der Waals surface area contributed by atoms with Gasteiger partial charge in [-0.3, -0.25) is 4.90 Å². The summed E-state index contributed by atoms with van der Waals surface area (Å²) < 4.78 is 0. The molecule has 1 unspecified atom stereocenters. The molecule has 0 aromatic heterocycles. The third kappa shape index (κ3) is 4.57. The highest BCUT2D eigenvalue weighted by molar-refractivity contribution is 5.25. The van der Waals surface area contributed by atoms with Gasteiger partial charge in [0.15, 0.2) is 0 Å². The summed E-state index contributed by atoms with van der Waals surface area (Å²) in [4.78, 5) is 2.64. The van der Waals surface area contributed by atoms with Gasteiger partial charge in [-0.2, -0.15) is 0 Å². The predicted molar refractivity (Wildman–Crippen MR) is 94.1 cm³/mol. The monoisotopic (exact) mass is 300 g/mol. The summed E-state index contributed by atoms with van der Waals surface area (Å²) in [5.74, 6) is 0.945. The van der Waals surface area contributed by atoms with E-state index in [1.165, 1.54) is 75.7 Å². The molecule has 0 bridgehead atoms. The molecule has 1 aromatic rings. The summed E-state index contributed by atoms with van der Waals surface area (Å²) in [6.07, 6.45) is 9.97. The summed E-state index contributed by atoms with van der Waals surface area (Å²) in [7, 11) is 0. The fourth-order valence-electron chi connectivity index (χ4n) is 4.12. The van der Waals surface area contributed by atoms with E-state index in [0.29, 0.717) is 6.04 Å². The van der Waals surface area contributed by atoms with Crippen molar-refractivity contribution < 1.29 is 0 Å². The van der Waals surface area contributed by atoms with Crippen LogP contribution < -0.4 is 5.32 Å². The van der Waals surface area contributed by atoms with Crippen LogP contribution in [0.5, 0.6) is 0 Å². The number of rotatable bonds is 5. The fraction of sp³-hybridized carbons (Fsp3) is 0.700. The highest BCUT2D eigenvalue weighted by Crippen LogP contribution is 2.23. The fourth-order valence-corrected chi connectivity index (χ4v) is 4.12. The molecule has 1 saturated carbocycles. The van der Waals surface area contributed by atoms with Crippen molar-refractivity contribution in [2.24, 2.45) is 5.92 Å². The first-order valence-corrected chi connectivity index (χ1v) is 9.31. The van der Waals surface area contributed by atoms with Gasteiger partial charge in [-0.25, -0.2) is 0 Å². The van der Waals surface area contributed by atoms with Crippen molar-refractivity contribution in [3.05, 3.63) is 35.4 Å². The maximum absolute atomic E-state index is 3.88. The summed E-state index contributed by atoms with van der Waals surface area (Å²) in [5, 5.41) is 3.88. The van der Waals surface area contributed by atoms with Crippen molar-refractivity contribution in [1.29, 1.82) is 0 Å². The Morgan fingerprint density at radius 1 is 1.05 bits per heavy atom. The minimum absolute atomic E-state index is 0.708. The minimum Gasteiger partial charge on any atom is -0.312 e. The molecule has 2 fully saturated rings. The van der Waals surface area contributed by atoms with E-state index in [4.69, 9.17) is 0 Å². The van der Waals surface area contributed by atoms with E-state index in [9.17, 15) is 0 Å². The zero-order valence-corrected chi connectivity index (χ0v) is 14.2. The molecule has 2 aliphatic rings. The van der Waals surface area contributed by atoms with E-state index in [1.807, 2.05) is 0 Å². The molecule has 1 N–H and O–H groups in total. The number of hydrogen-bond acceptors (Lipinski definition) is 2. The lowest BCUT2D eigenvalue weighted by atomic mass is 9.89. The molecule has 1 aliphatic carbocycles. The van der Waals surface area contributed by atoms with Gasteiger partial charge < -0.3 is 5.32 Å². The molecule has 1 heterocycles. The molecule has 0 amide bonds. The van der Waals surface area contributed by atoms with Crippen LogP contribution in [0.4, 0.5) is 0 Å². The first-order chi connectivity index (χ1) is 10.8. The standard InChI is InChI=1S/C20H32N2/c1-17-8-5-6-11-19(17)15-22-13-7-12-20(16-22)21-14-18-9-3-2-4-10-18/h5-6,8,11,18,20-21H,2-4,7,9-10,12-16H2,1H3. The third-order valence-electron chi connectivity index (χ3n) is 5.58. The van der Waals surface area contributed by atoms with Crippen LogP contribution in [0.1, 0.15) is 56.1 Å². The van der Waals surface area contributed by atoms with Crippen LogP contribution in [0.15, 0.2) is 24.3 Å². The second-order valence-corrected chi connectivity index (χ2v) is 7.41. The molecule has 1 atom stereocenters. The van der Waals surface area contributed by atoms with Crippen LogP contribution >= 0.6 is 0 Å². The lowest BCUT2D eigenvalue weighted by Gasteiger charge is -2.34. The van der Waals surface area contributed by atoms with Crippen LogP contribution in [0, 0.1) is 12.8 Å². The Hall–Kier alpha value is -0.860. The molecule has 1 aliphatic heterocycles. The molecular weight excluding hydrogens is 268 g/mol. The summed E-state index contributed by atoms with van der Waals surface area (Å²) in [6, 6.07) is 9.54. The topological polar surface area (TPSA) is 15.3 Å². The lowest BCUT2D eigenvalue weighted by molar-refractivity contribution is 0.177. The van der Waals surface area contributed by atoms with Gasteiger partial charge in [0.1, 0.15) is 0 Å². The van der Waals surface area contributed by atoms with Crippen molar-refractivity contribution in [3.8, 4) is 0 Å². The van der Waals surface area contributed by atoms with Gasteiger partial charge in [-0.05, 0) is 62.7 Å². The van der Waals surface area contributed by atoms with Crippen LogP contribution in [0.25, 0.3) is 0 Å². The molecule has 1 aromatic carbocycles. The van der Waals surface area contributed by atoms with Crippen molar-refractivity contribution in [1.82, 2.24) is 10.2 Å². The molecule has 3 rings (SSSR count). The average Bonchev–Trinajstić information content (AvgIpc) is 2.57. The van der Waals surface area contributed by atoms with Crippen LogP contribution in [0.3, 0.4) is 0 Å². The van der Waals surface area contributed by atoms with Crippen LogP contribution in [-0.2, 0) is 6.54 Å². The average molecular weight is 300 g/mol. The zero-order valence-electron chi connectivity index (χ0n) is 14.2. The van der Waals surface area contributed by atoms with E-state index in [2.05, 4.69) is 41.4 Å². The number of nitrogens with one attached hydrogen (secondary N) is 1. The van der Waals surface area contributed by atoms with Crippen molar-refractivity contribution in [3.63, 3.8) is 0 Å². The van der Waals surface area contributed by atoms with E-state index >= 15 is 0 Å². The number of aryl methyl sites for hydroxylation is 1. The molecule has 0 spiro atoms. The maximum atomic E-state index is 3.88. The quantitative estimate of drug-likeness (QED) is 0.879. The Morgan fingerprint density at radius 2 is 1.86 bits per heavy atom. The Balaban J connectivity index is 1.45. The highest BCUT2D eigenvalue weighted by atomic mass is 15.2. The normalized spacial score (nSPS) is 24.5.